The molecule has 0 unspecified atom stereocenters. The summed E-state index contributed by atoms with van der Waals surface area (Å²) in [6, 6.07) is 16.1. The standard InChI is InChI=1S/C23H26ClN5O2/c1-15-14-20(29(4)5)28-22(25-15)27-18-10-8-17(9-11-18)26-21(30)23(2,3)31-19-12-6-16(24)7-13-19/h6-14H,1-5H3,(H,26,30)(H,25,27,28). The second-order valence-electron chi connectivity index (χ2n) is 7.81. The van der Waals surface area contributed by atoms with E-state index in [1.165, 1.54) is 0 Å². The van der Waals surface area contributed by atoms with E-state index in [-0.39, 0.29) is 5.91 Å². The van der Waals surface area contributed by atoms with E-state index >= 15 is 0 Å². The molecule has 8 heteroatoms. The average molecular weight is 440 g/mol. The van der Waals surface area contributed by atoms with E-state index < -0.39 is 5.60 Å². The van der Waals surface area contributed by atoms with Gasteiger partial charge in [-0.2, -0.15) is 4.98 Å². The van der Waals surface area contributed by atoms with Gasteiger partial charge in [0.2, 0.25) is 5.95 Å². The number of hydrogen-bond donors (Lipinski definition) is 2. The summed E-state index contributed by atoms with van der Waals surface area (Å²) < 4.78 is 5.83. The number of anilines is 4. The van der Waals surface area contributed by atoms with E-state index in [4.69, 9.17) is 16.3 Å². The monoisotopic (exact) mass is 439 g/mol. The Hall–Kier alpha value is -3.32. The Morgan fingerprint density at radius 1 is 1.00 bits per heavy atom. The number of amides is 1. The number of carbonyl (C=O) groups excluding carboxylic acids is 1. The zero-order valence-electron chi connectivity index (χ0n) is 18.2. The van der Waals surface area contributed by atoms with Gasteiger partial charge in [-0.3, -0.25) is 4.79 Å². The van der Waals surface area contributed by atoms with E-state index in [0.717, 1.165) is 17.2 Å². The lowest BCUT2D eigenvalue weighted by Crippen LogP contribution is -2.42. The molecule has 31 heavy (non-hydrogen) atoms. The Bertz CT molecular complexity index is 1050. The summed E-state index contributed by atoms with van der Waals surface area (Å²) >= 11 is 5.90. The number of carbonyl (C=O) groups is 1. The van der Waals surface area contributed by atoms with Gasteiger partial charge in [-0.1, -0.05) is 11.6 Å². The highest BCUT2D eigenvalue weighted by molar-refractivity contribution is 6.30. The molecular formula is C23H26ClN5O2. The van der Waals surface area contributed by atoms with Crippen LogP contribution in [0.4, 0.5) is 23.1 Å². The van der Waals surface area contributed by atoms with Crippen LogP contribution in [0.25, 0.3) is 0 Å². The van der Waals surface area contributed by atoms with Gasteiger partial charge >= 0.3 is 0 Å². The van der Waals surface area contributed by atoms with Crippen molar-refractivity contribution in [2.75, 3.05) is 29.6 Å². The van der Waals surface area contributed by atoms with Crippen LogP contribution in [0.15, 0.2) is 54.6 Å². The molecule has 1 heterocycles. The van der Waals surface area contributed by atoms with Crippen molar-refractivity contribution in [3.05, 3.63) is 65.3 Å². The molecule has 162 valence electrons. The Kier molecular flexibility index (Phi) is 6.65. The second-order valence-corrected chi connectivity index (χ2v) is 8.24. The number of aromatic nitrogens is 2. The Morgan fingerprint density at radius 3 is 2.23 bits per heavy atom. The third kappa shape index (κ3) is 6.08. The molecule has 7 nitrogen and oxygen atoms in total. The topological polar surface area (TPSA) is 79.4 Å². The summed E-state index contributed by atoms with van der Waals surface area (Å²) in [5.74, 6) is 1.64. The Morgan fingerprint density at radius 2 is 1.61 bits per heavy atom. The van der Waals surface area contributed by atoms with Gasteiger partial charge in [0.25, 0.3) is 5.91 Å². The van der Waals surface area contributed by atoms with Crippen LogP contribution in [-0.2, 0) is 4.79 Å². The van der Waals surface area contributed by atoms with E-state index in [1.54, 1.807) is 50.2 Å². The minimum atomic E-state index is -1.07. The van der Waals surface area contributed by atoms with E-state index in [2.05, 4.69) is 20.6 Å². The summed E-state index contributed by atoms with van der Waals surface area (Å²) in [5.41, 5.74) is 1.27. The maximum absolute atomic E-state index is 12.7. The molecule has 1 amide bonds. The van der Waals surface area contributed by atoms with Crippen LogP contribution >= 0.6 is 11.6 Å². The van der Waals surface area contributed by atoms with Gasteiger partial charge < -0.3 is 20.3 Å². The lowest BCUT2D eigenvalue weighted by molar-refractivity contribution is -0.128. The molecule has 0 aliphatic heterocycles. The van der Waals surface area contributed by atoms with Crippen LogP contribution in [0.1, 0.15) is 19.5 Å². The Balaban J connectivity index is 1.64. The average Bonchev–Trinajstić information content (AvgIpc) is 2.70. The number of halogens is 1. The molecule has 3 rings (SSSR count). The minimum absolute atomic E-state index is 0.263. The molecule has 0 aliphatic carbocycles. The number of nitrogens with one attached hydrogen (secondary N) is 2. The first-order chi connectivity index (χ1) is 14.6. The van der Waals surface area contributed by atoms with E-state index in [9.17, 15) is 4.79 Å². The quantitative estimate of drug-likeness (QED) is 0.536. The van der Waals surface area contributed by atoms with Crippen molar-refractivity contribution in [2.24, 2.45) is 0 Å². The molecule has 0 fully saturated rings. The molecule has 0 bridgehead atoms. The van der Waals surface area contributed by atoms with Gasteiger partial charge in [-0.05, 0) is 69.3 Å². The molecule has 0 spiro atoms. The van der Waals surface area contributed by atoms with Crippen molar-refractivity contribution in [2.45, 2.75) is 26.4 Å². The van der Waals surface area contributed by atoms with Gasteiger partial charge in [0.1, 0.15) is 11.6 Å². The normalized spacial score (nSPS) is 11.0. The maximum atomic E-state index is 12.7. The van der Waals surface area contributed by atoms with Crippen molar-refractivity contribution >= 4 is 40.6 Å². The largest absolute Gasteiger partial charge is 0.478 e. The fraction of sp³-hybridized carbons (Fsp3) is 0.261. The van der Waals surface area contributed by atoms with E-state index in [0.29, 0.717) is 22.4 Å². The molecule has 0 aliphatic rings. The smallest absolute Gasteiger partial charge is 0.267 e. The van der Waals surface area contributed by atoms with Crippen LogP contribution in [0.2, 0.25) is 5.02 Å². The lowest BCUT2D eigenvalue weighted by atomic mass is 10.1. The number of rotatable bonds is 7. The Labute approximate surface area is 187 Å². The van der Waals surface area contributed by atoms with Crippen LogP contribution < -0.4 is 20.3 Å². The first-order valence-electron chi connectivity index (χ1n) is 9.78. The molecule has 0 saturated heterocycles. The zero-order valence-corrected chi connectivity index (χ0v) is 19.0. The van der Waals surface area contributed by atoms with Crippen LogP contribution in [0.5, 0.6) is 5.75 Å². The minimum Gasteiger partial charge on any atom is -0.478 e. The fourth-order valence-corrected chi connectivity index (χ4v) is 2.85. The first kappa shape index (κ1) is 22.4. The number of aryl methyl sites for hydroxylation is 1. The van der Waals surface area contributed by atoms with Gasteiger partial charge in [0, 0.05) is 42.3 Å². The summed E-state index contributed by atoms with van der Waals surface area (Å²) in [6.07, 6.45) is 0. The van der Waals surface area contributed by atoms with Gasteiger partial charge in [-0.25, -0.2) is 4.98 Å². The zero-order chi connectivity index (χ0) is 22.6. The summed E-state index contributed by atoms with van der Waals surface area (Å²) in [5, 5.41) is 6.68. The lowest BCUT2D eigenvalue weighted by Gasteiger charge is -2.25. The van der Waals surface area contributed by atoms with Gasteiger partial charge in [0.05, 0.1) is 0 Å². The maximum Gasteiger partial charge on any atom is 0.267 e. The molecule has 2 N–H and O–H groups in total. The highest BCUT2D eigenvalue weighted by Crippen LogP contribution is 2.23. The number of ether oxygens (including phenoxy) is 1. The third-order valence-corrected chi connectivity index (χ3v) is 4.68. The summed E-state index contributed by atoms with van der Waals surface area (Å²) in [7, 11) is 3.86. The molecule has 0 saturated carbocycles. The molecule has 0 radical (unpaired) electrons. The third-order valence-electron chi connectivity index (χ3n) is 4.43. The van der Waals surface area contributed by atoms with Crippen molar-refractivity contribution in [1.82, 2.24) is 9.97 Å². The number of nitrogens with zero attached hydrogens (tertiary/aromatic N) is 3. The fourth-order valence-electron chi connectivity index (χ4n) is 2.73. The van der Waals surface area contributed by atoms with Crippen LogP contribution in [-0.4, -0.2) is 35.6 Å². The highest BCUT2D eigenvalue weighted by atomic mass is 35.5. The van der Waals surface area contributed by atoms with Crippen molar-refractivity contribution in [3.8, 4) is 5.75 Å². The van der Waals surface area contributed by atoms with Crippen molar-refractivity contribution in [1.29, 1.82) is 0 Å². The summed E-state index contributed by atoms with van der Waals surface area (Å²) in [6.45, 7) is 5.35. The highest BCUT2D eigenvalue weighted by Gasteiger charge is 2.30. The van der Waals surface area contributed by atoms with Crippen LogP contribution in [0, 0.1) is 6.92 Å². The number of benzene rings is 2. The van der Waals surface area contributed by atoms with Crippen LogP contribution in [0.3, 0.4) is 0 Å². The SMILES string of the molecule is Cc1cc(N(C)C)nc(Nc2ccc(NC(=O)C(C)(C)Oc3ccc(Cl)cc3)cc2)n1. The van der Waals surface area contributed by atoms with E-state index in [1.807, 2.05) is 44.1 Å². The first-order valence-corrected chi connectivity index (χ1v) is 10.2. The number of hydrogen-bond acceptors (Lipinski definition) is 6. The molecule has 3 aromatic rings. The molecular weight excluding hydrogens is 414 g/mol. The molecule has 0 atom stereocenters. The molecule has 1 aromatic heterocycles. The van der Waals surface area contributed by atoms with Crippen molar-refractivity contribution < 1.29 is 9.53 Å². The predicted molar refractivity (Wildman–Crippen MR) is 126 cm³/mol. The van der Waals surface area contributed by atoms with Gasteiger partial charge in [-0.15, -0.1) is 0 Å². The predicted octanol–water partition coefficient (Wildman–Crippen LogP) is 5.04. The molecule has 2 aromatic carbocycles. The van der Waals surface area contributed by atoms with Crippen molar-refractivity contribution in [3.63, 3.8) is 0 Å². The van der Waals surface area contributed by atoms with Gasteiger partial charge in [0.15, 0.2) is 5.60 Å². The second kappa shape index (κ2) is 9.22. The summed E-state index contributed by atoms with van der Waals surface area (Å²) in [4.78, 5) is 23.5.